The van der Waals surface area contributed by atoms with Crippen molar-refractivity contribution in [1.29, 1.82) is 0 Å². The third-order valence-electron chi connectivity index (χ3n) is 4.11. The number of hydrogen-bond acceptors (Lipinski definition) is 4. The summed E-state index contributed by atoms with van der Waals surface area (Å²) in [7, 11) is 0. The molecule has 2 aromatic carbocycles. The topological polar surface area (TPSA) is 51.1 Å². The van der Waals surface area contributed by atoms with Crippen LogP contribution in [-0.4, -0.2) is 49.9 Å². The van der Waals surface area contributed by atoms with Crippen molar-refractivity contribution in [2.45, 2.75) is 6.92 Å². The van der Waals surface area contributed by atoms with Crippen molar-refractivity contribution in [3.05, 3.63) is 57.2 Å². The number of aliphatic imine (C=N–C) groups is 1. The molecule has 1 amide bonds. The summed E-state index contributed by atoms with van der Waals surface area (Å²) >= 11 is 2.31. The summed E-state index contributed by atoms with van der Waals surface area (Å²) in [4.78, 5) is 18.3. The number of hydrogen-bond donors (Lipinski definition) is 0. The smallest absolute Gasteiger partial charge is 0.260 e. The number of amides is 1. The van der Waals surface area contributed by atoms with Crippen LogP contribution < -0.4 is 4.74 Å². The van der Waals surface area contributed by atoms with Crippen LogP contribution in [0.25, 0.3) is 0 Å². The Bertz CT molecular complexity index is 784. The number of carbonyl (C=O) groups is 1. The van der Waals surface area contributed by atoms with Gasteiger partial charge in [0.1, 0.15) is 5.75 Å². The van der Waals surface area contributed by atoms with Crippen LogP contribution in [0.1, 0.15) is 11.1 Å². The number of rotatable bonds is 5. The van der Waals surface area contributed by atoms with Crippen molar-refractivity contribution in [2.24, 2.45) is 4.99 Å². The lowest BCUT2D eigenvalue weighted by molar-refractivity contribution is -0.137. The molecule has 1 heterocycles. The maximum atomic E-state index is 12.1. The fourth-order valence-electron chi connectivity index (χ4n) is 2.56. The molecule has 136 valence electrons. The third kappa shape index (κ3) is 5.28. The molecule has 26 heavy (non-hydrogen) atoms. The van der Waals surface area contributed by atoms with Crippen LogP contribution >= 0.6 is 22.6 Å². The predicted octanol–water partition coefficient (Wildman–Crippen LogP) is 3.59. The van der Waals surface area contributed by atoms with E-state index in [1.165, 1.54) is 9.13 Å². The number of halogens is 1. The number of nitrogens with zero attached hydrogens (tertiary/aromatic N) is 2. The Labute approximate surface area is 167 Å². The molecule has 6 heteroatoms. The molecule has 0 saturated carbocycles. The van der Waals surface area contributed by atoms with Gasteiger partial charge in [0.15, 0.2) is 6.61 Å². The highest BCUT2D eigenvalue weighted by atomic mass is 127. The van der Waals surface area contributed by atoms with E-state index in [4.69, 9.17) is 9.47 Å². The number of benzene rings is 2. The van der Waals surface area contributed by atoms with E-state index in [9.17, 15) is 4.79 Å². The van der Waals surface area contributed by atoms with Crippen molar-refractivity contribution in [2.75, 3.05) is 32.9 Å². The number of morpholine rings is 1. The average Bonchev–Trinajstić information content (AvgIpc) is 2.68. The zero-order valence-corrected chi connectivity index (χ0v) is 16.8. The Hall–Kier alpha value is -1.93. The van der Waals surface area contributed by atoms with Crippen molar-refractivity contribution in [3.63, 3.8) is 0 Å². The lowest BCUT2D eigenvalue weighted by atomic mass is 10.2. The van der Waals surface area contributed by atoms with Gasteiger partial charge in [-0.2, -0.15) is 0 Å². The number of ether oxygens (including phenoxy) is 2. The number of aryl methyl sites for hydroxylation is 1. The van der Waals surface area contributed by atoms with Gasteiger partial charge in [0.2, 0.25) is 0 Å². The Morgan fingerprint density at radius 3 is 2.65 bits per heavy atom. The first-order chi connectivity index (χ1) is 12.6. The van der Waals surface area contributed by atoms with E-state index in [1.807, 2.05) is 36.5 Å². The lowest BCUT2D eigenvalue weighted by Gasteiger charge is -2.26. The molecule has 0 aliphatic carbocycles. The summed E-state index contributed by atoms with van der Waals surface area (Å²) in [6.45, 7) is 4.59. The molecular weight excluding hydrogens is 443 g/mol. The summed E-state index contributed by atoms with van der Waals surface area (Å²) < 4.78 is 12.1. The van der Waals surface area contributed by atoms with Crippen LogP contribution in [0.2, 0.25) is 0 Å². The quantitative estimate of drug-likeness (QED) is 0.502. The van der Waals surface area contributed by atoms with Crippen LogP contribution in [-0.2, 0) is 9.53 Å². The zero-order chi connectivity index (χ0) is 18.4. The van der Waals surface area contributed by atoms with Crippen molar-refractivity contribution in [3.8, 4) is 5.75 Å². The molecule has 0 radical (unpaired) electrons. The Balaban J connectivity index is 1.53. The first-order valence-electron chi connectivity index (χ1n) is 8.50. The molecular formula is C20H21IN2O3. The maximum absolute atomic E-state index is 12.1. The predicted molar refractivity (Wildman–Crippen MR) is 110 cm³/mol. The summed E-state index contributed by atoms with van der Waals surface area (Å²) in [6.07, 6.45) is 1.82. The van der Waals surface area contributed by atoms with E-state index >= 15 is 0 Å². The molecule has 2 aromatic rings. The molecule has 3 rings (SSSR count). The molecule has 1 aliphatic heterocycles. The molecule has 1 saturated heterocycles. The maximum Gasteiger partial charge on any atom is 0.260 e. The highest BCUT2D eigenvalue weighted by molar-refractivity contribution is 14.1. The Morgan fingerprint density at radius 2 is 1.96 bits per heavy atom. The summed E-state index contributed by atoms with van der Waals surface area (Å²) in [5, 5.41) is 0. The van der Waals surface area contributed by atoms with Gasteiger partial charge in [-0.25, -0.2) is 0 Å². The van der Waals surface area contributed by atoms with Crippen LogP contribution in [0.3, 0.4) is 0 Å². The minimum atomic E-state index is -0.00646. The fraction of sp³-hybridized carbons (Fsp3) is 0.300. The second-order valence-corrected chi connectivity index (χ2v) is 7.20. The van der Waals surface area contributed by atoms with Gasteiger partial charge in [-0.3, -0.25) is 9.79 Å². The highest BCUT2D eigenvalue weighted by Crippen LogP contribution is 2.19. The van der Waals surface area contributed by atoms with E-state index in [0.717, 1.165) is 11.3 Å². The lowest BCUT2D eigenvalue weighted by Crippen LogP contribution is -2.42. The standard InChI is InChI=1S/C20H21IN2O3/c1-15-12-17(4-7-19(15)21)22-13-16-2-5-18(6-3-16)26-14-20(24)23-8-10-25-11-9-23/h2-7,12-13H,8-11,14H2,1H3. The van der Waals surface area contributed by atoms with Gasteiger partial charge in [-0.15, -0.1) is 0 Å². The van der Waals surface area contributed by atoms with Gasteiger partial charge in [-0.05, 0) is 83.1 Å². The first-order valence-corrected chi connectivity index (χ1v) is 9.58. The van der Waals surface area contributed by atoms with Gasteiger partial charge < -0.3 is 14.4 Å². The summed E-state index contributed by atoms with van der Waals surface area (Å²) in [6, 6.07) is 13.7. The van der Waals surface area contributed by atoms with Crippen LogP contribution in [0.15, 0.2) is 47.5 Å². The fourth-order valence-corrected chi connectivity index (χ4v) is 2.89. The van der Waals surface area contributed by atoms with Gasteiger partial charge >= 0.3 is 0 Å². The summed E-state index contributed by atoms with van der Waals surface area (Å²) in [5.41, 5.74) is 3.13. The van der Waals surface area contributed by atoms with Gasteiger partial charge in [0.25, 0.3) is 5.91 Å². The Kier molecular flexibility index (Phi) is 6.62. The molecule has 0 aromatic heterocycles. The molecule has 1 fully saturated rings. The van der Waals surface area contributed by atoms with Gasteiger partial charge in [0.05, 0.1) is 18.9 Å². The van der Waals surface area contributed by atoms with Crippen LogP contribution in [0.5, 0.6) is 5.75 Å². The molecule has 1 aliphatic rings. The third-order valence-corrected chi connectivity index (χ3v) is 5.32. The minimum absolute atomic E-state index is 0.00646. The van der Waals surface area contributed by atoms with E-state index in [0.29, 0.717) is 32.1 Å². The molecule has 5 nitrogen and oxygen atoms in total. The van der Waals surface area contributed by atoms with Crippen LogP contribution in [0.4, 0.5) is 5.69 Å². The number of carbonyl (C=O) groups excluding carboxylic acids is 1. The van der Waals surface area contributed by atoms with Crippen molar-refractivity contribution in [1.82, 2.24) is 4.90 Å². The molecule has 0 atom stereocenters. The monoisotopic (exact) mass is 464 g/mol. The van der Waals surface area contributed by atoms with Gasteiger partial charge in [-0.1, -0.05) is 0 Å². The molecule has 0 N–H and O–H groups in total. The van der Waals surface area contributed by atoms with Crippen molar-refractivity contribution >= 4 is 40.4 Å². The molecule has 0 unspecified atom stereocenters. The summed E-state index contributed by atoms with van der Waals surface area (Å²) in [5.74, 6) is 0.668. The van der Waals surface area contributed by atoms with Crippen LogP contribution in [0, 0.1) is 10.5 Å². The van der Waals surface area contributed by atoms with Crippen molar-refractivity contribution < 1.29 is 14.3 Å². The average molecular weight is 464 g/mol. The second-order valence-electron chi connectivity index (χ2n) is 6.04. The molecule has 0 bridgehead atoms. The normalized spacial score (nSPS) is 14.6. The minimum Gasteiger partial charge on any atom is -0.484 e. The second kappa shape index (κ2) is 9.14. The van der Waals surface area contributed by atoms with E-state index < -0.39 is 0 Å². The van der Waals surface area contributed by atoms with E-state index in [1.54, 1.807) is 4.90 Å². The molecule has 0 spiro atoms. The highest BCUT2D eigenvalue weighted by Gasteiger charge is 2.16. The van der Waals surface area contributed by atoms with E-state index in [-0.39, 0.29) is 12.5 Å². The largest absolute Gasteiger partial charge is 0.484 e. The Morgan fingerprint density at radius 1 is 1.23 bits per heavy atom. The SMILES string of the molecule is Cc1cc(N=Cc2ccc(OCC(=O)N3CCOCC3)cc2)ccc1I. The van der Waals surface area contributed by atoms with E-state index in [2.05, 4.69) is 46.6 Å². The first kappa shape index (κ1) is 18.8. The zero-order valence-electron chi connectivity index (χ0n) is 14.7. The van der Waals surface area contributed by atoms with Gasteiger partial charge in [0, 0.05) is 22.9 Å².